The molecular formula is C20H29NO4. The number of carbonyl (C=O) groups excluding carboxylic acids is 2. The first-order valence-corrected chi connectivity index (χ1v) is 8.80. The molecule has 25 heavy (non-hydrogen) atoms. The highest BCUT2D eigenvalue weighted by Gasteiger charge is 2.27. The van der Waals surface area contributed by atoms with Crippen molar-refractivity contribution in [3.05, 3.63) is 23.8 Å². The molecule has 0 fully saturated rings. The zero-order chi connectivity index (χ0) is 18.7. The Bertz CT molecular complexity index is 644. The number of rotatable bonds is 6. The van der Waals surface area contributed by atoms with Crippen molar-refractivity contribution in [3.63, 3.8) is 0 Å². The van der Waals surface area contributed by atoms with Crippen molar-refractivity contribution in [1.82, 2.24) is 5.32 Å². The van der Waals surface area contributed by atoms with Crippen LogP contribution in [0.5, 0.6) is 11.5 Å². The van der Waals surface area contributed by atoms with Gasteiger partial charge in [-0.15, -0.1) is 0 Å². The first-order chi connectivity index (χ1) is 11.6. The number of hydrogen-bond donors (Lipinski definition) is 1. The summed E-state index contributed by atoms with van der Waals surface area (Å²) in [4.78, 5) is 24.6. The van der Waals surface area contributed by atoms with Gasteiger partial charge in [0.25, 0.3) is 0 Å². The number of nitrogens with one attached hydrogen (secondary N) is 1. The van der Waals surface area contributed by atoms with Crippen LogP contribution in [-0.4, -0.2) is 30.4 Å². The molecule has 0 bridgehead atoms. The van der Waals surface area contributed by atoms with E-state index in [9.17, 15) is 9.59 Å². The van der Waals surface area contributed by atoms with Crippen LogP contribution in [0.4, 0.5) is 0 Å². The maximum absolute atomic E-state index is 12.4. The third-order valence-corrected chi connectivity index (χ3v) is 3.89. The van der Waals surface area contributed by atoms with E-state index in [1.54, 1.807) is 18.2 Å². The molecule has 0 saturated carbocycles. The van der Waals surface area contributed by atoms with E-state index in [2.05, 4.69) is 26.1 Å². The summed E-state index contributed by atoms with van der Waals surface area (Å²) < 4.78 is 10.9. The van der Waals surface area contributed by atoms with Crippen molar-refractivity contribution in [2.75, 3.05) is 13.2 Å². The summed E-state index contributed by atoms with van der Waals surface area (Å²) in [6.45, 7) is 11.5. The minimum absolute atomic E-state index is 0.0687. The fourth-order valence-corrected chi connectivity index (χ4v) is 3.40. The summed E-state index contributed by atoms with van der Waals surface area (Å²) in [5, 5.41) is 3.03. The third-order valence-electron chi connectivity index (χ3n) is 3.89. The largest absolute Gasteiger partial charge is 0.486 e. The molecule has 1 heterocycles. The van der Waals surface area contributed by atoms with Crippen LogP contribution in [-0.2, 0) is 4.79 Å². The smallest absolute Gasteiger partial charge is 0.220 e. The first kappa shape index (κ1) is 19.3. The van der Waals surface area contributed by atoms with Crippen molar-refractivity contribution in [2.24, 2.45) is 5.41 Å². The van der Waals surface area contributed by atoms with Crippen LogP contribution in [0.1, 0.15) is 64.2 Å². The fourth-order valence-electron chi connectivity index (χ4n) is 3.40. The van der Waals surface area contributed by atoms with Crippen molar-refractivity contribution >= 4 is 11.7 Å². The van der Waals surface area contributed by atoms with Gasteiger partial charge < -0.3 is 14.8 Å². The Morgan fingerprint density at radius 1 is 1.00 bits per heavy atom. The van der Waals surface area contributed by atoms with Crippen LogP contribution >= 0.6 is 0 Å². The van der Waals surface area contributed by atoms with E-state index in [1.807, 2.05) is 13.8 Å². The van der Waals surface area contributed by atoms with Gasteiger partial charge in [-0.2, -0.15) is 0 Å². The first-order valence-electron chi connectivity index (χ1n) is 8.80. The predicted octanol–water partition coefficient (Wildman–Crippen LogP) is 3.75. The number of ketones is 1. The molecule has 0 saturated heterocycles. The van der Waals surface area contributed by atoms with Crippen LogP contribution < -0.4 is 14.8 Å². The Morgan fingerprint density at radius 2 is 1.64 bits per heavy atom. The molecule has 1 N–H and O–H groups in total. The molecule has 138 valence electrons. The molecule has 5 nitrogen and oxygen atoms in total. The Balaban J connectivity index is 1.88. The van der Waals surface area contributed by atoms with E-state index in [-0.39, 0.29) is 35.5 Å². The highest BCUT2D eigenvalue weighted by Crippen LogP contribution is 2.31. The molecule has 2 rings (SSSR count). The lowest BCUT2D eigenvalue weighted by Gasteiger charge is -2.33. The standard InChI is InChI=1S/C20H29NO4/c1-19(2,3)13-20(4,5)21-18(23)9-7-15(22)14-6-8-16-17(12-14)25-11-10-24-16/h6,8,12H,7,9-11,13H2,1-5H3,(H,21,23). The zero-order valence-electron chi connectivity index (χ0n) is 15.9. The monoisotopic (exact) mass is 347 g/mol. The van der Waals surface area contributed by atoms with Gasteiger partial charge in [-0.05, 0) is 43.9 Å². The summed E-state index contributed by atoms with van der Waals surface area (Å²) in [6, 6.07) is 5.16. The molecule has 0 atom stereocenters. The average molecular weight is 347 g/mol. The van der Waals surface area contributed by atoms with Crippen LogP contribution in [0.15, 0.2) is 18.2 Å². The lowest BCUT2D eigenvalue weighted by atomic mass is 9.81. The topological polar surface area (TPSA) is 64.6 Å². The van der Waals surface area contributed by atoms with Gasteiger partial charge in [-0.25, -0.2) is 0 Å². The normalized spacial score (nSPS) is 14.1. The molecule has 1 aromatic rings. The average Bonchev–Trinajstić information content (AvgIpc) is 2.49. The summed E-state index contributed by atoms with van der Waals surface area (Å²) in [5.74, 6) is 1.08. The molecule has 1 aliphatic rings. The van der Waals surface area contributed by atoms with Crippen molar-refractivity contribution in [1.29, 1.82) is 0 Å². The summed E-state index contributed by atoms with van der Waals surface area (Å²) in [5.41, 5.74) is 0.374. The summed E-state index contributed by atoms with van der Waals surface area (Å²) >= 11 is 0. The highest BCUT2D eigenvalue weighted by molar-refractivity contribution is 5.98. The van der Waals surface area contributed by atoms with E-state index in [1.165, 1.54) is 0 Å². The van der Waals surface area contributed by atoms with Gasteiger partial charge >= 0.3 is 0 Å². The molecule has 0 unspecified atom stereocenters. The number of fused-ring (bicyclic) bond motifs is 1. The lowest BCUT2D eigenvalue weighted by Crippen LogP contribution is -2.45. The molecule has 0 aromatic heterocycles. The van der Waals surface area contributed by atoms with Gasteiger partial charge in [-0.1, -0.05) is 20.8 Å². The number of amides is 1. The lowest BCUT2D eigenvalue weighted by molar-refractivity contribution is -0.122. The SMILES string of the molecule is CC(C)(C)CC(C)(C)NC(=O)CCC(=O)c1ccc2c(c1)OCCO2. The van der Waals surface area contributed by atoms with E-state index in [0.717, 1.165) is 6.42 Å². The van der Waals surface area contributed by atoms with Crippen molar-refractivity contribution in [3.8, 4) is 11.5 Å². The van der Waals surface area contributed by atoms with Gasteiger partial charge in [0.15, 0.2) is 17.3 Å². The molecule has 0 spiro atoms. The quantitative estimate of drug-likeness (QED) is 0.796. The molecule has 1 aromatic carbocycles. The number of hydrogen-bond acceptors (Lipinski definition) is 4. The molecule has 0 radical (unpaired) electrons. The maximum atomic E-state index is 12.4. The Labute approximate surface area is 150 Å². The Kier molecular flexibility index (Phi) is 5.76. The number of ether oxygens (including phenoxy) is 2. The van der Waals surface area contributed by atoms with Crippen LogP contribution in [0, 0.1) is 5.41 Å². The second kappa shape index (κ2) is 7.46. The van der Waals surface area contributed by atoms with E-state index in [0.29, 0.717) is 30.3 Å². The fraction of sp³-hybridized carbons (Fsp3) is 0.600. The number of benzene rings is 1. The van der Waals surface area contributed by atoms with Gasteiger partial charge in [0.05, 0.1) is 0 Å². The van der Waals surface area contributed by atoms with Crippen molar-refractivity contribution < 1.29 is 19.1 Å². The summed E-state index contributed by atoms with van der Waals surface area (Å²) in [6.07, 6.45) is 1.22. The number of carbonyl (C=O) groups is 2. The van der Waals surface area contributed by atoms with E-state index in [4.69, 9.17) is 9.47 Å². The Morgan fingerprint density at radius 3 is 2.28 bits per heavy atom. The Hall–Kier alpha value is -2.04. The van der Waals surface area contributed by atoms with Gasteiger partial charge in [0.1, 0.15) is 13.2 Å². The zero-order valence-corrected chi connectivity index (χ0v) is 15.9. The van der Waals surface area contributed by atoms with Crippen LogP contribution in [0.3, 0.4) is 0 Å². The van der Waals surface area contributed by atoms with Gasteiger partial charge in [0.2, 0.25) is 5.91 Å². The van der Waals surface area contributed by atoms with Crippen molar-refractivity contribution in [2.45, 2.75) is 59.4 Å². The second-order valence-electron chi connectivity index (χ2n) is 8.45. The van der Waals surface area contributed by atoms with Crippen LogP contribution in [0.2, 0.25) is 0 Å². The maximum Gasteiger partial charge on any atom is 0.220 e. The highest BCUT2D eigenvalue weighted by atomic mass is 16.6. The summed E-state index contributed by atoms with van der Waals surface area (Å²) in [7, 11) is 0. The second-order valence-corrected chi connectivity index (χ2v) is 8.45. The molecule has 1 amide bonds. The predicted molar refractivity (Wildman–Crippen MR) is 97.3 cm³/mol. The number of Topliss-reactive ketones (excluding diaryl/α,β-unsaturated/α-hetero) is 1. The molecular weight excluding hydrogens is 318 g/mol. The van der Waals surface area contributed by atoms with Crippen LogP contribution in [0.25, 0.3) is 0 Å². The molecule has 0 aliphatic carbocycles. The third kappa shape index (κ3) is 6.07. The minimum Gasteiger partial charge on any atom is -0.486 e. The van der Waals surface area contributed by atoms with Gasteiger partial charge in [0, 0.05) is 23.9 Å². The van der Waals surface area contributed by atoms with E-state index >= 15 is 0 Å². The molecule has 5 heteroatoms. The molecule has 1 aliphatic heterocycles. The van der Waals surface area contributed by atoms with Gasteiger partial charge in [-0.3, -0.25) is 9.59 Å². The van der Waals surface area contributed by atoms with E-state index < -0.39 is 0 Å². The minimum atomic E-state index is -0.296.